The minimum absolute atomic E-state index is 0.131. The highest BCUT2D eigenvalue weighted by atomic mass is 19.1. The molecule has 0 N–H and O–H groups in total. The number of carbonyl (C=O) groups is 1. The summed E-state index contributed by atoms with van der Waals surface area (Å²) in [5.74, 6) is 0.0199. The van der Waals surface area contributed by atoms with E-state index in [9.17, 15) is 9.18 Å². The Bertz CT molecular complexity index is 872. The van der Waals surface area contributed by atoms with Crippen molar-refractivity contribution in [3.8, 4) is 5.75 Å². The van der Waals surface area contributed by atoms with E-state index in [1.807, 2.05) is 17.8 Å². The van der Waals surface area contributed by atoms with Gasteiger partial charge in [0, 0.05) is 38.1 Å². The Morgan fingerprint density at radius 1 is 1.23 bits per heavy atom. The zero-order valence-corrected chi connectivity index (χ0v) is 14.7. The minimum atomic E-state index is -0.322. The van der Waals surface area contributed by atoms with Crippen molar-refractivity contribution in [2.24, 2.45) is 0 Å². The lowest BCUT2D eigenvalue weighted by Crippen LogP contribution is -2.26. The number of ether oxygens (including phenoxy) is 1. The van der Waals surface area contributed by atoms with Gasteiger partial charge in [-0.05, 0) is 37.3 Å². The van der Waals surface area contributed by atoms with Gasteiger partial charge >= 0.3 is 0 Å². The third-order valence-electron chi connectivity index (χ3n) is 3.81. The van der Waals surface area contributed by atoms with Gasteiger partial charge in [0.15, 0.2) is 12.4 Å². The molecule has 7 nitrogen and oxygen atoms in total. The molecular formula is C18H20FN5O2. The summed E-state index contributed by atoms with van der Waals surface area (Å²) in [6.07, 6.45) is 5.33. The maximum Gasteiger partial charge on any atom is 0.274 e. The zero-order chi connectivity index (χ0) is 18.5. The molecule has 1 aromatic carbocycles. The van der Waals surface area contributed by atoms with Gasteiger partial charge in [-0.15, -0.1) is 0 Å². The monoisotopic (exact) mass is 357 g/mol. The molecule has 0 spiro atoms. The first kappa shape index (κ1) is 17.7. The highest BCUT2D eigenvalue weighted by Gasteiger charge is 2.16. The third kappa shape index (κ3) is 4.27. The van der Waals surface area contributed by atoms with Crippen LogP contribution in [0, 0.1) is 5.82 Å². The van der Waals surface area contributed by atoms with Crippen LogP contribution in [0.3, 0.4) is 0 Å². The highest BCUT2D eigenvalue weighted by Crippen LogP contribution is 2.12. The number of hydrogen-bond donors (Lipinski definition) is 0. The first-order valence-corrected chi connectivity index (χ1v) is 8.23. The zero-order valence-electron chi connectivity index (χ0n) is 14.7. The molecule has 2 aromatic heterocycles. The maximum atomic E-state index is 12.9. The number of nitrogens with zero attached hydrogens (tertiary/aromatic N) is 5. The van der Waals surface area contributed by atoms with Gasteiger partial charge in [-0.3, -0.25) is 9.48 Å². The van der Waals surface area contributed by atoms with Gasteiger partial charge in [-0.1, -0.05) is 0 Å². The smallest absolute Gasteiger partial charge is 0.274 e. The van der Waals surface area contributed by atoms with Crippen LogP contribution in [-0.2, 0) is 19.8 Å². The van der Waals surface area contributed by atoms with Crippen molar-refractivity contribution in [3.63, 3.8) is 0 Å². The number of benzene rings is 1. The molecule has 26 heavy (non-hydrogen) atoms. The lowest BCUT2D eigenvalue weighted by Gasteiger charge is -2.14. The van der Waals surface area contributed by atoms with Crippen LogP contribution in [0.1, 0.15) is 23.0 Å². The van der Waals surface area contributed by atoms with E-state index in [1.165, 1.54) is 28.9 Å². The summed E-state index contributed by atoms with van der Waals surface area (Å²) >= 11 is 0. The number of aromatic nitrogens is 4. The second-order valence-corrected chi connectivity index (χ2v) is 5.83. The number of aryl methyl sites for hydroxylation is 1. The first-order chi connectivity index (χ1) is 12.5. The summed E-state index contributed by atoms with van der Waals surface area (Å²) in [5, 5.41) is 8.43. The highest BCUT2D eigenvalue weighted by molar-refractivity contribution is 5.91. The molecule has 0 unspecified atom stereocenters. The predicted molar refractivity (Wildman–Crippen MR) is 93.0 cm³/mol. The second-order valence-electron chi connectivity index (χ2n) is 5.83. The van der Waals surface area contributed by atoms with E-state index in [0.717, 1.165) is 12.1 Å². The van der Waals surface area contributed by atoms with Gasteiger partial charge in [-0.25, -0.2) is 9.07 Å². The molecule has 0 radical (unpaired) electrons. The van der Waals surface area contributed by atoms with Crippen molar-refractivity contribution < 1.29 is 13.9 Å². The van der Waals surface area contributed by atoms with Crippen LogP contribution in [0.4, 0.5) is 4.39 Å². The number of halogens is 1. The standard InChI is InChI=1S/C18H20FN5O2/c1-3-23-12-14(10-20-23)11-22(2)18(25)17-8-9-24(21-17)13-26-16-6-4-15(19)5-7-16/h4-10,12H,3,11,13H2,1-2H3. The Labute approximate surface area is 150 Å². The predicted octanol–water partition coefficient (Wildman–Crippen LogP) is 2.55. The number of hydrogen-bond acceptors (Lipinski definition) is 4. The molecule has 0 aliphatic heterocycles. The van der Waals surface area contributed by atoms with Crippen molar-refractivity contribution in [2.75, 3.05) is 7.05 Å². The molecule has 0 aliphatic rings. The van der Waals surface area contributed by atoms with E-state index in [-0.39, 0.29) is 18.5 Å². The Morgan fingerprint density at radius 3 is 2.69 bits per heavy atom. The van der Waals surface area contributed by atoms with Crippen LogP contribution in [0.5, 0.6) is 5.75 Å². The van der Waals surface area contributed by atoms with Crippen LogP contribution in [0.15, 0.2) is 48.9 Å². The van der Waals surface area contributed by atoms with Crippen LogP contribution in [0.25, 0.3) is 0 Å². The molecule has 136 valence electrons. The molecule has 2 heterocycles. The summed E-state index contributed by atoms with van der Waals surface area (Å²) in [6, 6.07) is 7.36. The molecule has 3 rings (SSSR count). The molecule has 1 amide bonds. The van der Waals surface area contributed by atoms with Crippen LogP contribution < -0.4 is 4.74 Å². The molecule has 3 aromatic rings. The second kappa shape index (κ2) is 7.81. The summed E-state index contributed by atoms with van der Waals surface area (Å²) in [4.78, 5) is 14.1. The number of amides is 1. The van der Waals surface area contributed by atoms with E-state index in [4.69, 9.17) is 4.74 Å². The fourth-order valence-electron chi connectivity index (χ4n) is 2.42. The van der Waals surface area contributed by atoms with Gasteiger partial charge in [-0.2, -0.15) is 10.2 Å². The van der Waals surface area contributed by atoms with E-state index in [0.29, 0.717) is 18.0 Å². The van der Waals surface area contributed by atoms with Crippen molar-refractivity contribution in [2.45, 2.75) is 26.7 Å². The van der Waals surface area contributed by atoms with Gasteiger partial charge in [0.1, 0.15) is 11.6 Å². The average Bonchev–Trinajstić information content (AvgIpc) is 3.30. The van der Waals surface area contributed by atoms with Crippen molar-refractivity contribution >= 4 is 5.91 Å². The lowest BCUT2D eigenvalue weighted by molar-refractivity contribution is 0.0777. The lowest BCUT2D eigenvalue weighted by atomic mass is 10.3. The normalized spacial score (nSPS) is 10.7. The van der Waals surface area contributed by atoms with Crippen molar-refractivity contribution in [1.82, 2.24) is 24.5 Å². The van der Waals surface area contributed by atoms with Crippen molar-refractivity contribution in [1.29, 1.82) is 0 Å². The SMILES string of the molecule is CCn1cc(CN(C)C(=O)c2ccn(COc3ccc(F)cc3)n2)cn1. The van der Waals surface area contributed by atoms with E-state index in [2.05, 4.69) is 10.2 Å². The van der Waals surface area contributed by atoms with E-state index < -0.39 is 0 Å². The largest absolute Gasteiger partial charge is 0.471 e. The molecule has 0 saturated heterocycles. The van der Waals surface area contributed by atoms with Gasteiger partial charge in [0.25, 0.3) is 5.91 Å². The minimum Gasteiger partial charge on any atom is -0.471 e. The van der Waals surface area contributed by atoms with Gasteiger partial charge < -0.3 is 9.64 Å². The molecular weight excluding hydrogens is 337 g/mol. The topological polar surface area (TPSA) is 65.2 Å². The Balaban J connectivity index is 1.57. The number of rotatable bonds is 7. The quantitative estimate of drug-likeness (QED) is 0.652. The van der Waals surface area contributed by atoms with Crippen LogP contribution >= 0.6 is 0 Å². The van der Waals surface area contributed by atoms with E-state index >= 15 is 0 Å². The summed E-state index contributed by atoms with van der Waals surface area (Å²) < 4.78 is 21.7. The molecule has 0 saturated carbocycles. The number of carbonyl (C=O) groups excluding carboxylic acids is 1. The van der Waals surface area contributed by atoms with Gasteiger partial charge in [0.2, 0.25) is 0 Å². The van der Waals surface area contributed by atoms with Gasteiger partial charge in [0.05, 0.1) is 6.20 Å². The summed E-state index contributed by atoms with van der Waals surface area (Å²) in [6.45, 7) is 3.38. The average molecular weight is 357 g/mol. The fourth-order valence-corrected chi connectivity index (χ4v) is 2.42. The molecule has 0 bridgehead atoms. The van der Waals surface area contributed by atoms with Crippen LogP contribution in [-0.4, -0.2) is 37.4 Å². The Morgan fingerprint density at radius 2 is 2.00 bits per heavy atom. The van der Waals surface area contributed by atoms with E-state index in [1.54, 1.807) is 30.4 Å². The molecule has 0 aliphatic carbocycles. The maximum absolute atomic E-state index is 12.9. The van der Waals surface area contributed by atoms with Crippen molar-refractivity contribution in [3.05, 3.63) is 66.0 Å². The Hall–Kier alpha value is -3.16. The molecule has 8 heteroatoms. The first-order valence-electron chi connectivity index (χ1n) is 8.23. The third-order valence-corrected chi connectivity index (χ3v) is 3.81. The summed E-state index contributed by atoms with van der Waals surface area (Å²) in [5.41, 5.74) is 1.29. The Kier molecular flexibility index (Phi) is 5.31. The summed E-state index contributed by atoms with van der Waals surface area (Å²) in [7, 11) is 1.72. The fraction of sp³-hybridized carbons (Fsp3) is 0.278. The molecule has 0 atom stereocenters. The molecule has 0 fully saturated rings. The van der Waals surface area contributed by atoms with Crippen LogP contribution in [0.2, 0.25) is 0 Å².